The number of carbonyl (C=O) groups is 1. The lowest BCUT2D eigenvalue weighted by atomic mass is 10.4. The van der Waals surface area contributed by atoms with E-state index in [1.807, 2.05) is 0 Å². The maximum absolute atomic E-state index is 9.69. The Balaban J connectivity index is -0.0000000965. The predicted molar refractivity (Wildman–Crippen MR) is 50.4 cm³/mol. The molecule has 0 fully saturated rings. The Labute approximate surface area is 70.1 Å². The third-order valence-electron chi connectivity index (χ3n) is 0.787. The SMILES string of the molecule is CC(=O)CN.CCCC.CN. The molecule has 0 heterocycles. The molecule has 0 bridgehead atoms. The molecule has 0 aromatic rings. The van der Waals surface area contributed by atoms with Crippen molar-refractivity contribution in [2.75, 3.05) is 13.6 Å². The van der Waals surface area contributed by atoms with Crippen LogP contribution in [0.5, 0.6) is 0 Å². The summed E-state index contributed by atoms with van der Waals surface area (Å²) in [6.07, 6.45) is 2.64. The number of hydrogen-bond acceptors (Lipinski definition) is 3. The van der Waals surface area contributed by atoms with Crippen LogP contribution < -0.4 is 11.5 Å². The van der Waals surface area contributed by atoms with Crippen molar-refractivity contribution in [3.05, 3.63) is 0 Å². The molecular formula is C8H22N2O. The van der Waals surface area contributed by atoms with Crippen LogP contribution in [0.4, 0.5) is 0 Å². The minimum Gasteiger partial charge on any atom is -0.333 e. The maximum atomic E-state index is 9.69. The first-order valence-electron chi connectivity index (χ1n) is 3.96. The fraction of sp³-hybridized carbons (Fsp3) is 0.875. The lowest BCUT2D eigenvalue weighted by molar-refractivity contribution is -0.115. The average Bonchev–Trinajstić information content (AvgIpc) is 2.08. The molecule has 0 saturated carbocycles. The first-order chi connectivity index (χ1) is 5.18. The molecule has 0 aliphatic heterocycles. The molecular weight excluding hydrogens is 140 g/mol. The van der Waals surface area contributed by atoms with E-state index < -0.39 is 0 Å². The molecule has 3 nitrogen and oxygen atoms in total. The van der Waals surface area contributed by atoms with Crippen LogP contribution in [0.2, 0.25) is 0 Å². The number of hydrogen-bond donors (Lipinski definition) is 2. The van der Waals surface area contributed by atoms with Crippen molar-refractivity contribution in [1.29, 1.82) is 0 Å². The van der Waals surface area contributed by atoms with Gasteiger partial charge in [-0.25, -0.2) is 0 Å². The van der Waals surface area contributed by atoms with Gasteiger partial charge in [0.25, 0.3) is 0 Å². The summed E-state index contributed by atoms with van der Waals surface area (Å²) in [5.74, 6) is 0.0324. The molecule has 0 aliphatic carbocycles. The fourth-order valence-electron chi connectivity index (χ4n) is 0. The van der Waals surface area contributed by atoms with E-state index in [0.717, 1.165) is 0 Å². The predicted octanol–water partition coefficient (Wildman–Crippen LogP) is 0.915. The van der Waals surface area contributed by atoms with Crippen LogP contribution >= 0.6 is 0 Å². The van der Waals surface area contributed by atoms with Gasteiger partial charge in [-0.1, -0.05) is 26.7 Å². The van der Waals surface area contributed by atoms with E-state index in [0.29, 0.717) is 0 Å². The van der Waals surface area contributed by atoms with Crippen LogP contribution in [-0.4, -0.2) is 19.4 Å². The zero-order valence-corrected chi connectivity index (χ0v) is 8.18. The Morgan fingerprint density at radius 2 is 1.36 bits per heavy atom. The van der Waals surface area contributed by atoms with E-state index in [2.05, 4.69) is 19.6 Å². The largest absolute Gasteiger partial charge is 0.333 e. The summed E-state index contributed by atoms with van der Waals surface area (Å²) in [6.45, 7) is 5.99. The summed E-state index contributed by atoms with van der Waals surface area (Å²) in [7, 11) is 1.50. The van der Waals surface area contributed by atoms with E-state index >= 15 is 0 Å². The summed E-state index contributed by atoms with van der Waals surface area (Å²) >= 11 is 0. The van der Waals surface area contributed by atoms with Crippen molar-refractivity contribution < 1.29 is 4.79 Å². The second kappa shape index (κ2) is 22.6. The van der Waals surface area contributed by atoms with Gasteiger partial charge in [0.2, 0.25) is 0 Å². The first-order valence-corrected chi connectivity index (χ1v) is 3.96. The second-order valence-electron chi connectivity index (χ2n) is 1.91. The molecule has 0 saturated heterocycles. The highest BCUT2D eigenvalue weighted by Gasteiger charge is 1.76. The van der Waals surface area contributed by atoms with Gasteiger partial charge in [-0.15, -0.1) is 0 Å². The Morgan fingerprint density at radius 1 is 1.18 bits per heavy atom. The molecule has 0 aromatic carbocycles. The number of ketones is 1. The molecule has 70 valence electrons. The quantitative estimate of drug-likeness (QED) is 0.634. The lowest BCUT2D eigenvalue weighted by Gasteiger charge is -1.73. The van der Waals surface area contributed by atoms with Crippen molar-refractivity contribution >= 4 is 5.78 Å². The van der Waals surface area contributed by atoms with Crippen LogP contribution in [-0.2, 0) is 4.79 Å². The molecule has 0 amide bonds. The number of Topliss-reactive ketones (excluding diaryl/α,β-unsaturated/α-hetero) is 1. The summed E-state index contributed by atoms with van der Waals surface area (Å²) < 4.78 is 0. The topological polar surface area (TPSA) is 69.1 Å². The van der Waals surface area contributed by atoms with Crippen molar-refractivity contribution in [3.63, 3.8) is 0 Å². The Hall–Kier alpha value is -0.410. The number of unbranched alkanes of at least 4 members (excludes halogenated alkanes) is 1. The minimum atomic E-state index is 0.0324. The normalized spacial score (nSPS) is 6.73. The van der Waals surface area contributed by atoms with E-state index in [4.69, 9.17) is 5.73 Å². The van der Waals surface area contributed by atoms with Crippen molar-refractivity contribution in [2.24, 2.45) is 11.5 Å². The minimum absolute atomic E-state index is 0.0324. The molecule has 0 aliphatic rings. The fourth-order valence-corrected chi connectivity index (χ4v) is 0. The summed E-state index contributed by atoms with van der Waals surface area (Å²) in [5, 5.41) is 0. The first kappa shape index (κ1) is 16.9. The van der Waals surface area contributed by atoms with Crippen LogP contribution in [0, 0.1) is 0 Å². The molecule has 0 atom stereocenters. The number of nitrogens with two attached hydrogens (primary N) is 2. The van der Waals surface area contributed by atoms with E-state index in [1.54, 1.807) is 0 Å². The summed E-state index contributed by atoms with van der Waals surface area (Å²) in [4.78, 5) is 9.69. The van der Waals surface area contributed by atoms with Gasteiger partial charge in [0.15, 0.2) is 0 Å². The van der Waals surface area contributed by atoms with Gasteiger partial charge in [-0.3, -0.25) is 4.79 Å². The highest BCUT2D eigenvalue weighted by molar-refractivity contribution is 5.77. The zero-order valence-electron chi connectivity index (χ0n) is 8.18. The van der Waals surface area contributed by atoms with Gasteiger partial charge in [-0.05, 0) is 14.0 Å². The van der Waals surface area contributed by atoms with Gasteiger partial charge in [0.05, 0.1) is 6.54 Å². The number of rotatable bonds is 2. The zero-order chi connectivity index (χ0) is 9.70. The summed E-state index contributed by atoms with van der Waals surface area (Å²) in [6, 6.07) is 0. The summed E-state index contributed by atoms with van der Waals surface area (Å²) in [5.41, 5.74) is 9.32. The average molecular weight is 162 g/mol. The highest BCUT2D eigenvalue weighted by atomic mass is 16.1. The monoisotopic (exact) mass is 162 g/mol. The van der Waals surface area contributed by atoms with Gasteiger partial charge < -0.3 is 11.5 Å². The van der Waals surface area contributed by atoms with E-state index in [1.165, 1.54) is 26.8 Å². The Morgan fingerprint density at radius 3 is 1.36 bits per heavy atom. The van der Waals surface area contributed by atoms with Crippen molar-refractivity contribution in [1.82, 2.24) is 0 Å². The second-order valence-corrected chi connectivity index (χ2v) is 1.91. The van der Waals surface area contributed by atoms with Gasteiger partial charge >= 0.3 is 0 Å². The molecule has 11 heavy (non-hydrogen) atoms. The molecule has 3 heteroatoms. The highest BCUT2D eigenvalue weighted by Crippen LogP contribution is 1.76. The molecule has 0 unspecified atom stereocenters. The molecule has 0 spiro atoms. The molecule has 0 rings (SSSR count). The van der Waals surface area contributed by atoms with Crippen molar-refractivity contribution in [3.8, 4) is 0 Å². The van der Waals surface area contributed by atoms with Crippen LogP contribution in [0.3, 0.4) is 0 Å². The standard InChI is InChI=1S/C4H10.C3H7NO.CH5N/c1-3-4-2;1-3(5)2-4;1-2/h3-4H2,1-2H3;2,4H2,1H3;2H2,1H3. The van der Waals surface area contributed by atoms with Crippen LogP contribution in [0.25, 0.3) is 0 Å². The smallest absolute Gasteiger partial charge is 0.143 e. The van der Waals surface area contributed by atoms with Crippen LogP contribution in [0.1, 0.15) is 33.6 Å². The van der Waals surface area contributed by atoms with Crippen LogP contribution in [0.15, 0.2) is 0 Å². The van der Waals surface area contributed by atoms with Gasteiger partial charge in [-0.2, -0.15) is 0 Å². The Bertz CT molecular complexity index is 63.1. The van der Waals surface area contributed by atoms with Gasteiger partial charge in [0.1, 0.15) is 5.78 Å². The van der Waals surface area contributed by atoms with Gasteiger partial charge in [0, 0.05) is 0 Å². The molecule has 4 N–H and O–H groups in total. The number of carbonyl (C=O) groups excluding carboxylic acids is 1. The maximum Gasteiger partial charge on any atom is 0.143 e. The van der Waals surface area contributed by atoms with E-state index in [-0.39, 0.29) is 12.3 Å². The third-order valence-corrected chi connectivity index (χ3v) is 0.787. The third kappa shape index (κ3) is 82.4. The van der Waals surface area contributed by atoms with Crippen molar-refractivity contribution in [2.45, 2.75) is 33.6 Å². The molecule has 0 radical (unpaired) electrons. The Kier molecular flexibility index (Phi) is 34.8. The molecule has 0 aromatic heterocycles. The lowest BCUT2D eigenvalue weighted by Crippen LogP contribution is -2.07. The van der Waals surface area contributed by atoms with E-state index in [9.17, 15) is 4.79 Å².